The number of rotatable bonds is 8. The van der Waals surface area contributed by atoms with Gasteiger partial charge in [0.05, 0.1) is 18.6 Å². The van der Waals surface area contributed by atoms with E-state index in [4.69, 9.17) is 9.57 Å². The highest BCUT2D eigenvalue weighted by atomic mass is 16.7. The molecule has 4 atom stereocenters. The predicted octanol–water partition coefficient (Wildman–Crippen LogP) is 2.59. The molecule has 2 N–H and O–H groups in total. The van der Waals surface area contributed by atoms with Gasteiger partial charge in [0.1, 0.15) is 12.6 Å². The second kappa shape index (κ2) is 10.9. The first-order chi connectivity index (χ1) is 16.1. The van der Waals surface area contributed by atoms with Gasteiger partial charge in [-0.15, -0.1) is 0 Å². The summed E-state index contributed by atoms with van der Waals surface area (Å²) in [5.41, 5.74) is 3.11. The number of hydrogen-bond acceptors (Lipinski definition) is 5. The summed E-state index contributed by atoms with van der Waals surface area (Å²) in [5, 5.41) is 7.81. The fourth-order valence-electron chi connectivity index (χ4n) is 4.73. The van der Waals surface area contributed by atoms with Crippen LogP contribution in [0, 0.1) is 5.92 Å². The molecule has 1 fully saturated rings. The molecular weight excluding hydrogens is 418 g/mol. The Labute approximate surface area is 195 Å². The Kier molecular flexibility index (Phi) is 7.75. The number of benzene rings is 2. The zero-order valence-corrected chi connectivity index (χ0v) is 19.3. The first kappa shape index (κ1) is 23.4. The summed E-state index contributed by atoms with van der Waals surface area (Å²) in [6.07, 6.45) is 2.18. The van der Waals surface area contributed by atoms with Gasteiger partial charge in [0.2, 0.25) is 5.91 Å². The first-order valence-corrected chi connectivity index (χ1v) is 11.7. The minimum absolute atomic E-state index is 0.140. The van der Waals surface area contributed by atoms with E-state index in [1.807, 2.05) is 61.5 Å². The van der Waals surface area contributed by atoms with E-state index in [1.165, 1.54) is 5.06 Å². The van der Waals surface area contributed by atoms with E-state index in [1.54, 1.807) is 7.11 Å². The summed E-state index contributed by atoms with van der Waals surface area (Å²) in [4.78, 5) is 32.5. The lowest BCUT2D eigenvalue weighted by Crippen LogP contribution is -2.54. The van der Waals surface area contributed by atoms with Crippen molar-refractivity contribution in [3.05, 3.63) is 71.3 Å². The van der Waals surface area contributed by atoms with E-state index < -0.39 is 12.0 Å². The maximum Gasteiger partial charge on any atom is 0.269 e. The molecule has 176 valence electrons. The van der Waals surface area contributed by atoms with Gasteiger partial charge in [0, 0.05) is 19.6 Å². The third kappa shape index (κ3) is 5.61. The van der Waals surface area contributed by atoms with Crippen LogP contribution in [0.3, 0.4) is 0 Å². The Morgan fingerprint density at radius 1 is 1.15 bits per heavy atom. The third-order valence-electron chi connectivity index (χ3n) is 6.62. The van der Waals surface area contributed by atoms with E-state index in [9.17, 15) is 9.59 Å². The molecule has 0 spiro atoms. The number of nitrogens with zero attached hydrogens (tertiary/aromatic N) is 1. The highest BCUT2D eigenvalue weighted by Gasteiger charge is 2.36. The molecule has 7 heteroatoms. The van der Waals surface area contributed by atoms with Gasteiger partial charge in [-0.25, -0.2) is 5.06 Å². The Balaban J connectivity index is 1.49. The topological polar surface area (TPSA) is 79.9 Å². The zero-order valence-electron chi connectivity index (χ0n) is 19.3. The molecule has 2 amide bonds. The van der Waals surface area contributed by atoms with Crippen molar-refractivity contribution in [1.82, 2.24) is 15.7 Å². The molecule has 0 saturated carbocycles. The molecule has 2 aromatic rings. The van der Waals surface area contributed by atoms with E-state index >= 15 is 0 Å². The minimum Gasteiger partial charge on any atom is -0.379 e. The van der Waals surface area contributed by atoms with Crippen LogP contribution in [-0.2, 0) is 38.7 Å². The van der Waals surface area contributed by atoms with Crippen LogP contribution >= 0.6 is 0 Å². The standard InChI is InChI=1S/C26H33N3O4/c1-18(24(32-2)22-13-8-14-27-22)25(30)28-23(15-19-9-4-3-5-10-19)26(31)29-16-20-11-6-7-12-21(20)17-33-29/h3-7,9-12,18,22-24,27H,8,13-17H2,1-2H3,(H,28,30)/t18?,22-,23-,24?/m0/s1. The number of hydroxylamine groups is 2. The predicted molar refractivity (Wildman–Crippen MR) is 125 cm³/mol. The summed E-state index contributed by atoms with van der Waals surface area (Å²) >= 11 is 0. The molecule has 0 aromatic heterocycles. The van der Waals surface area contributed by atoms with Crippen molar-refractivity contribution in [2.24, 2.45) is 5.92 Å². The largest absolute Gasteiger partial charge is 0.379 e. The Hall–Kier alpha value is -2.74. The van der Waals surface area contributed by atoms with E-state index in [0.29, 0.717) is 19.6 Å². The molecule has 2 aromatic carbocycles. The van der Waals surface area contributed by atoms with Crippen molar-refractivity contribution in [2.45, 2.75) is 57.5 Å². The summed E-state index contributed by atoms with van der Waals surface area (Å²) in [6, 6.07) is 17.1. The lowest BCUT2D eigenvalue weighted by Gasteiger charge is -2.32. The number of ether oxygens (including phenoxy) is 1. The molecule has 33 heavy (non-hydrogen) atoms. The highest BCUT2D eigenvalue weighted by Crippen LogP contribution is 2.22. The number of carbonyl (C=O) groups is 2. The lowest BCUT2D eigenvalue weighted by atomic mass is 9.94. The van der Waals surface area contributed by atoms with Gasteiger partial charge in [-0.05, 0) is 36.1 Å². The van der Waals surface area contributed by atoms with Crippen LogP contribution in [0.5, 0.6) is 0 Å². The Bertz CT molecular complexity index is 946. The third-order valence-corrected chi connectivity index (χ3v) is 6.62. The van der Waals surface area contributed by atoms with Crippen LogP contribution in [0.15, 0.2) is 54.6 Å². The fourth-order valence-corrected chi connectivity index (χ4v) is 4.73. The molecule has 2 aliphatic heterocycles. The van der Waals surface area contributed by atoms with E-state index in [-0.39, 0.29) is 24.0 Å². The molecular formula is C26H33N3O4. The van der Waals surface area contributed by atoms with Crippen LogP contribution in [-0.4, -0.2) is 48.7 Å². The molecule has 0 radical (unpaired) electrons. The van der Waals surface area contributed by atoms with Gasteiger partial charge in [0.15, 0.2) is 0 Å². The number of nitrogens with one attached hydrogen (secondary N) is 2. The van der Waals surface area contributed by atoms with E-state index in [0.717, 1.165) is 36.1 Å². The average Bonchev–Trinajstić information content (AvgIpc) is 3.38. The van der Waals surface area contributed by atoms with E-state index in [2.05, 4.69) is 10.6 Å². The van der Waals surface area contributed by atoms with Crippen LogP contribution in [0.2, 0.25) is 0 Å². The van der Waals surface area contributed by atoms with Gasteiger partial charge in [0.25, 0.3) is 5.91 Å². The van der Waals surface area contributed by atoms with Gasteiger partial charge < -0.3 is 15.4 Å². The molecule has 2 unspecified atom stereocenters. The van der Waals surface area contributed by atoms with Gasteiger partial charge in [-0.3, -0.25) is 14.4 Å². The van der Waals surface area contributed by atoms with Crippen LogP contribution in [0.1, 0.15) is 36.5 Å². The van der Waals surface area contributed by atoms with Crippen molar-refractivity contribution in [2.75, 3.05) is 13.7 Å². The maximum atomic E-state index is 13.5. The first-order valence-electron chi connectivity index (χ1n) is 11.7. The summed E-state index contributed by atoms with van der Waals surface area (Å²) in [5.74, 6) is -0.844. The van der Waals surface area contributed by atoms with Crippen molar-refractivity contribution < 1.29 is 19.2 Å². The number of hydrogen-bond donors (Lipinski definition) is 2. The van der Waals surface area contributed by atoms with Crippen LogP contribution in [0.25, 0.3) is 0 Å². The van der Waals surface area contributed by atoms with Crippen LogP contribution in [0.4, 0.5) is 0 Å². The highest BCUT2D eigenvalue weighted by molar-refractivity contribution is 5.88. The monoisotopic (exact) mass is 451 g/mol. The smallest absolute Gasteiger partial charge is 0.269 e. The molecule has 1 saturated heterocycles. The maximum absolute atomic E-state index is 13.5. The van der Waals surface area contributed by atoms with Crippen molar-refractivity contribution >= 4 is 11.8 Å². The lowest BCUT2D eigenvalue weighted by molar-refractivity contribution is -0.203. The molecule has 2 aliphatic rings. The van der Waals surface area contributed by atoms with Gasteiger partial charge in [-0.2, -0.15) is 0 Å². The zero-order chi connectivity index (χ0) is 23.2. The molecule has 7 nitrogen and oxygen atoms in total. The second-order valence-corrected chi connectivity index (χ2v) is 8.86. The SMILES string of the molecule is COC(C(C)C(=O)N[C@@H](Cc1ccccc1)C(=O)N1Cc2ccccc2CO1)[C@@H]1CCCN1. The van der Waals surface area contributed by atoms with Gasteiger partial charge >= 0.3 is 0 Å². The number of methoxy groups -OCH3 is 1. The average molecular weight is 452 g/mol. The quantitative estimate of drug-likeness (QED) is 0.645. The number of carbonyl (C=O) groups excluding carboxylic acids is 2. The Morgan fingerprint density at radius 3 is 2.58 bits per heavy atom. The Morgan fingerprint density at radius 2 is 1.88 bits per heavy atom. The fraction of sp³-hybridized carbons (Fsp3) is 0.462. The van der Waals surface area contributed by atoms with Crippen molar-refractivity contribution in [1.29, 1.82) is 0 Å². The molecule has 2 heterocycles. The number of amides is 2. The van der Waals surface area contributed by atoms with Crippen LogP contribution < -0.4 is 10.6 Å². The summed E-state index contributed by atoms with van der Waals surface area (Å²) < 4.78 is 5.69. The molecule has 0 bridgehead atoms. The summed E-state index contributed by atoms with van der Waals surface area (Å²) in [6.45, 7) is 3.49. The number of fused-ring (bicyclic) bond motifs is 1. The molecule has 4 rings (SSSR count). The van der Waals surface area contributed by atoms with Crippen molar-refractivity contribution in [3.63, 3.8) is 0 Å². The minimum atomic E-state index is -0.735. The second-order valence-electron chi connectivity index (χ2n) is 8.86. The van der Waals surface area contributed by atoms with Gasteiger partial charge in [-0.1, -0.05) is 61.5 Å². The molecule has 0 aliphatic carbocycles. The van der Waals surface area contributed by atoms with Crippen molar-refractivity contribution in [3.8, 4) is 0 Å². The summed E-state index contributed by atoms with van der Waals surface area (Å²) in [7, 11) is 1.64. The normalized spacial score (nSPS) is 20.5.